The van der Waals surface area contributed by atoms with E-state index < -0.39 is 5.34 Å². The van der Waals surface area contributed by atoms with Gasteiger partial charge in [-0.2, -0.15) is 0 Å². The topological polar surface area (TPSA) is 21.7 Å². The molecular formula is C12H15F2NO2. The summed E-state index contributed by atoms with van der Waals surface area (Å²) in [5, 5.41) is -0.930. The molecule has 0 unspecified atom stereocenters. The Labute approximate surface area is 98.8 Å². The minimum Gasteiger partial charge on any atom is -0.493 e. The molecule has 0 aliphatic heterocycles. The second-order valence-corrected chi connectivity index (χ2v) is 4.09. The first kappa shape index (κ1) is 12.0. The lowest BCUT2D eigenvalue weighted by molar-refractivity contribution is 0.199. The number of benzene rings is 1. The largest absolute Gasteiger partial charge is 0.493 e. The number of methoxy groups -OCH3 is 1. The first-order valence-electron chi connectivity index (χ1n) is 5.67. The molecule has 17 heavy (non-hydrogen) atoms. The number of hydrogen-bond donors (Lipinski definition) is 0. The summed E-state index contributed by atoms with van der Waals surface area (Å²) in [5.41, 5.74) is -0.196. The van der Waals surface area contributed by atoms with E-state index in [2.05, 4.69) is 0 Å². The van der Waals surface area contributed by atoms with Crippen LogP contribution in [0.1, 0.15) is 25.7 Å². The van der Waals surface area contributed by atoms with Crippen molar-refractivity contribution in [1.82, 2.24) is 0 Å². The molecule has 1 saturated carbocycles. The van der Waals surface area contributed by atoms with Gasteiger partial charge in [0.15, 0.2) is 11.5 Å². The van der Waals surface area contributed by atoms with Crippen molar-refractivity contribution in [3.8, 4) is 11.5 Å². The van der Waals surface area contributed by atoms with Gasteiger partial charge in [0, 0.05) is 6.07 Å². The van der Waals surface area contributed by atoms with Crippen LogP contribution in [0.25, 0.3) is 0 Å². The van der Waals surface area contributed by atoms with Crippen LogP contribution in [-0.2, 0) is 0 Å². The summed E-state index contributed by atoms with van der Waals surface area (Å²) in [4.78, 5) is 0. The molecule has 5 heteroatoms. The molecular weight excluding hydrogens is 228 g/mol. The van der Waals surface area contributed by atoms with Crippen molar-refractivity contribution in [3.05, 3.63) is 18.2 Å². The standard InChI is InChI=1S/C12H15F2NO2/c1-16-11-7-6-9(15(13)14)8-12(11)17-10-4-2-3-5-10/h6-8,10H,2-5H2,1H3. The quantitative estimate of drug-likeness (QED) is 0.754. The third-order valence-electron chi connectivity index (χ3n) is 2.94. The minimum atomic E-state index is -0.930. The van der Waals surface area contributed by atoms with Crippen LogP contribution >= 0.6 is 0 Å². The Bertz CT molecular complexity index is 379. The van der Waals surface area contributed by atoms with E-state index in [0.29, 0.717) is 11.5 Å². The highest BCUT2D eigenvalue weighted by Crippen LogP contribution is 2.35. The van der Waals surface area contributed by atoms with Gasteiger partial charge in [-0.3, -0.25) is 0 Å². The molecule has 1 aromatic rings. The minimum absolute atomic E-state index is 0.117. The van der Waals surface area contributed by atoms with Gasteiger partial charge in [0.25, 0.3) is 0 Å². The fourth-order valence-corrected chi connectivity index (χ4v) is 2.05. The number of halogens is 2. The SMILES string of the molecule is COc1ccc(N(F)F)cc1OC1CCCC1. The Kier molecular flexibility index (Phi) is 3.66. The van der Waals surface area contributed by atoms with Crippen molar-refractivity contribution in [3.63, 3.8) is 0 Å². The van der Waals surface area contributed by atoms with Crippen molar-refractivity contribution in [2.45, 2.75) is 31.8 Å². The summed E-state index contributed by atoms with van der Waals surface area (Å²) >= 11 is 0. The van der Waals surface area contributed by atoms with Gasteiger partial charge in [0.1, 0.15) is 5.69 Å². The van der Waals surface area contributed by atoms with Crippen LogP contribution < -0.4 is 14.8 Å². The van der Waals surface area contributed by atoms with E-state index in [9.17, 15) is 8.96 Å². The number of ether oxygens (including phenoxy) is 2. The van der Waals surface area contributed by atoms with Gasteiger partial charge in [0.05, 0.1) is 13.2 Å². The number of nitrogens with zero attached hydrogens (tertiary/aromatic N) is 1. The summed E-state index contributed by atoms with van der Waals surface area (Å²) in [6.45, 7) is 0. The van der Waals surface area contributed by atoms with E-state index in [1.165, 1.54) is 25.3 Å². The molecule has 1 aliphatic carbocycles. The highest BCUT2D eigenvalue weighted by Gasteiger charge is 2.19. The van der Waals surface area contributed by atoms with Crippen LogP contribution in [0.2, 0.25) is 0 Å². The molecule has 3 nitrogen and oxygen atoms in total. The Morgan fingerprint density at radius 1 is 1.18 bits per heavy atom. The second kappa shape index (κ2) is 5.21. The van der Waals surface area contributed by atoms with Crippen molar-refractivity contribution >= 4 is 5.69 Å². The highest BCUT2D eigenvalue weighted by atomic mass is 19.4. The maximum atomic E-state index is 12.4. The highest BCUT2D eigenvalue weighted by molar-refractivity contribution is 5.54. The van der Waals surface area contributed by atoms with E-state index in [1.54, 1.807) is 0 Å². The molecule has 1 aliphatic rings. The van der Waals surface area contributed by atoms with E-state index in [1.807, 2.05) is 0 Å². The molecule has 0 N–H and O–H groups in total. The van der Waals surface area contributed by atoms with Gasteiger partial charge in [-0.25, -0.2) is 0 Å². The third kappa shape index (κ3) is 2.78. The zero-order chi connectivity index (χ0) is 12.3. The lowest BCUT2D eigenvalue weighted by atomic mass is 10.2. The average molecular weight is 243 g/mol. The van der Waals surface area contributed by atoms with Crippen molar-refractivity contribution in [2.75, 3.05) is 12.5 Å². The molecule has 1 fully saturated rings. The molecule has 0 bridgehead atoms. The molecule has 0 aromatic heterocycles. The van der Waals surface area contributed by atoms with Crippen LogP contribution in [0.5, 0.6) is 11.5 Å². The van der Waals surface area contributed by atoms with E-state index in [-0.39, 0.29) is 11.8 Å². The smallest absolute Gasteiger partial charge is 0.163 e. The summed E-state index contributed by atoms with van der Waals surface area (Å²) in [6.07, 6.45) is 4.33. The maximum Gasteiger partial charge on any atom is 0.163 e. The van der Waals surface area contributed by atoms with Crippen LogP contribution in [0, 0.1) is 0 Å². The van der Waals surface area contributed by atoms with Crippen LogP contribution in [-0.4, -0.2) is 13.2 Å². The summed E-state index contributed by atoms with van der Waals surface area (Å²) in [7, 11) is 1.50. The normalized spacial score (nSPS) is 15.9. The van der Waals surface area contributed by atoms with E-state index in [0.717, 1.165) is 25.7 Å². The van der Waals surface area contributed by atoms with Crippen molar-refractivity contribution < 1.29 is 18.4 Å². The molecule has 0 radical (unpaired) electrons. The van der Waals surface area contributed by atoms with Gasteiger partial charge in [-0.05, 0) is 43.2 Å². The summed E-state index contributed by atoms with van der Waals surface area (Å²) in [5.74, 6) is 0.875. The monoisotopic (exact) mass is 243 g/mol. The molecule has 0 spiro atoms. The van der Waals surface area contributed by atoms with Gasteiger partial charge in [0.2, 0.25) is 0 Å². The van der Waals surface area contributed by atoms with Gasteiger partial charge in [-0.15, -0.1) is 0 Å². The molecule has 94 valence electrons. The number of anilines is 1. The van der Waals surface area contributed by atoms with Gasteiger partial charge in [-0.1, -0.05) is 8.96 Å². The first-order chi connectivity index (χ1) is 8.20. The fraction of sp³-hybridized carbons (Fsp3) is 0.500. The van der Waals surface area contributed by atoms with Gasteiger partial charge >= 0.3 is 0 Å². The summed E-state index contributed by atoms with van der Waals surface area (Å²) in [6, 6.07) is 4.09. The van der Waals surface area contributed by atoms with Gasteiger partial charge < -0.3 is 9.47 Å². The fourth-order valence-electron chi connectivity index (χ4n) is 2.05. The lowest BCUT2D eigenvalue weighted by Crippen LogP contribution is -2.12. The van der Waals surface area contributed by atoms with Crippen molar-refractivity contribution in [2.24, 2.45) is 0 Å². The maximum absolute atomic E-state index is 12.4. The average Bonchev–Trinajstić information content (AvgIpc) is 2.81. The Morgan fingerprint density at radius 3 is 2.47 bits per heavy atom. The number of rotatable bonds is 4. The Balaban J connectivity index is 2.19. The predicted molar refractivity (Wildman–Crippen MR) is 60.6 cm³/mol. The molecule has 0 atom stereocenters. The second-order valence-electron chi connectivity index (χ2n) is 4.09. The van der Waals surface area contributed by atoms with Crippen LogP contribution in [0.15, 0.2) is 18.2 Å². The van der Waals surface area contributed by atoms with E-state index in [4.69, 9.17) is 9.47 Å². The Hall–Kier alpha value is -1.52. The molecule has 1 aromatic carbocycles. The van der Waals surface area contributed by atoms with Crippen LogP contribution in [0.3, 0.4) is 0 Å². The molecule has 0 heterocycles. The zero-order valence-electron chi connectivity index (χ0n) is 9.66. The van der Waals surface area contributed by atoms with Crippen molar-refractivity contribution in [1.29, 1.82) is 0 Å². The predicted octanol–water partition coefficient (Wildman–Crippen LogP) is 3.59. The molecule has 2 rings (SSSR count). The first-order valence-corrected chi connectivity index (χ1v) is 5.67. The third-order valence-corrected chi connectivity index (χ3v) is 2.94. The summed E-state index contributed by atoms with van der Waals surface area (Å²) < 4.78 is 35.7. The lowest BCUT2D eigenvalue weighted by Gasteiger charge is -2.16. The Morgan fingerprint density at radius 2 is 1.88 bits per heavy atom. The van der Waals surface area contributed by atoms with E-state index >= 15 is 0 Å². The molecule has 0 saturated heterocycles. The zero-order valence-corrected chi connectivity index (χ0v) is 9.66. The number of hydrogen-bond acceptors (Lipinski definition) is 3. The molecule has 0 amide bonds. The van der Waals surface area contributed by atoms with Crippen LogP contribution in [0.4, 0.5) is 14.6 Å².